The molecule has 1 aromatic carbocycles. The van der Waals surface area contributed by atoms with Crippen LogP contribution in [-0.2, 0) is 5.41 Å². The van der Waals surface area contributed by atoms with Crippen LogP contribution in [0.15, 0.2) is 30.5 Å². The fourth-order valence-electron chi connectivity index (χ4n) is 2.11. The van der Waals surface area contributed by atoms with Gasteiger partial charge in [-0.05, 0) is 35.4 Å². The fourth-order valence-corrected chi connectivity index (χ4v) is 2.11. The maximum Gasteiger partial charge on any atom is 0.244 e. The molecule has 1 aromatic heterocycles. The van der Waals surface area contributed by atoms with Gasteiger partial charge in [-0.15, -0.1) is 5.10 Å². The normalized spacial score (nSPS) is 11.6. The second-order valence-corrected chi connectivity index (χ2v) is 7.23. The van der Waals surface area contributed by atoms with E-state index in [2.05, 4.69) is 84.7 Å². The van der Waals surface area contributed by atoms with Crippen LogP contribution in [0.3, 0.4) is 0 Å². The predicted octanol–water partition coefficient (Wildman–Crippen LogP) is 4.37. The first-order valence-electron chi connectivity index (χ1n) is 8.16. The lowest BCUT2D eigenvalue weighted by atomic mass is 9.87. The minimum Gasteiger partial charge on any atom is -0.353 e. The standard InChI is InChI=1S/C18H27N5/c1-13(2)10-11-19-17-22-16(12-20-23-17)21-15-8-6-14(7-9-15)18(3,4)5/h6-9,12-13H,10-11H2,1-5H3,(H2,19,21,22,23). The van der Waals surface area contributed by atoms with Gasteiger partial charge >= 0.3 is 0 Å². The summed E-state index contributed by atoms with van der Waals surface area (Å²) in [6, 6.07) is 8.40. The SMILES string of the molecule is CC(C)CCNc1nncc(Nc2ccc(C(C)(C)C)cc2)n1. The van der Waals surface area contributed by atoms with E-state index >= 15 is 0 Å². The summed E-state index contributed by atoms with van der Waals surface area (Å²) in [4.78, 5) is 4.44. The molecule has 2 rings (SSSR count). The van der Waals surface area contributed by atoms with Crippen LogP contribution in [0.4, 0.5) is 17.5 Å². The molecule has 0 saturated carbocycles. The van der Waals surface area contributed by atoms with Gasteiger partial charge in [0.2, 0.25) is 5.95 Å². The van der Waals surface area contributed by atoms with Crippen molar-refractivity contribution in [3.05, 3.63) is 36.0 Å². The zero-order valence-corrected chi connectivity index (χ0v) is 14.7. The molecule has 1 heterocycles. The van der Waals surface area contributed by atoms with Crippen molar-refractivity contribution in [2.45, 2.75) is 46.5 Å². The van der Waals surface area contributed by atoms with Gasteiger partial charge < -0.3 is 10.6 Å². The van der Waals surface area contributed by atoms with Crippen molar-refractivity contribution in [2.75, 3.05) is 17.2 Å². The lowest BCUT2D eigenvalue weighted by Crippen LogP contribution is -2.11. The Balaban J connectivity index is 2.00. The van der Waals surface area contributed by atoms with E-state index in [1.807, 2.05) is 0 Å². The number of rotatable bonds is 6. The smallest absolute Gasteiger partial charge is 0.244 e. The molecule has 0 atom stereocenters. The van der Waals surface area contributed by atoms with Gasteiger partial charge in [0.25, 0.3) is 0 Å². The molecule has 2 N–H and O–H groups in total. The lowest BCUT2D eigenvalue weighted by Gasteiger charge is -2.19. The molecule has 0 aliphatic rings. The van der Waals surface area contributed by atoms with Crippen molar-refractivity contribution in [1.82, 2.24) is 15.2 Å². The molecule has 0 unspecified atom stereocenters. The molecule has 2 aromatic rings. The van der Waals surface area contributed by atoms with Crippen LogP contribution < -0.4 is 10.6 Å². The van der Waals surface area contributed by atoms with Crippen molar-refractivity contribution in [2.24, 2.45) is 5.92 Å². The van der Waals surface area contributed by atoms with Gasteiger partial charge in [0.05, 0.1) is 6.20 Å². The number of nitrogens with zero attached hydrogens (tertiary/aromatic N) is 3. The predicted molar refractivity (Wildman–Crippen MR) is 96.2 cm³/mol. The van der Waals surface area contributed by atoms with Crippen LogP contribution in [0.1, 0.15) is 46.6 Å². The van der Waals surface area contributed by atoms with Crippen LogP contribution >= 0.6 is 0 Å². The first kappa shape index (κ1) is 17.2. The van der Waals surface area contributed by atoms with Gasteiger partial charge in [-0.25, -0.2) is 0 Å². The topological polar surface area (TPSA) is 62.7 Å². The summed E-state index contributed by atoms with van der Waals surface area (Å²) < 4.78 is 0. The van der Waals surface area contributed by atoms with Gasteiger partial charge in [-0.2, -0.15) is 10.1 Å². The molecule has 23 heavy (non-hydrogen) atoms. The molecular weight excluding hydrogens is 286 g/mol. The number of aromatic nitrogens is 3. The van der Waals surface area contributed by atoms with E-state index in [0.717, 1.165) is 18.7 Å². The van der Waals surface area contributed by atoms with Crippen molar-refractivity contribution in [1.29, 1.82) is 0 Å². The highest BCUT2D eigenvalue weighted by Crippen LogP contribution is 2.24. The number of benzene rings is 1. The Morgan fingerprint density at radius 1 is 1.09 bits per heavy atom. The van der Waals surface area contributed by atoms with E-state index in [9.17, 15) is 0 Å². The highest BCUT2D eigenvalue weighted by molar-refractivity contribution is 5.56. The van der Waals surface area contributed by atoms with Gasteiger partial charge in [-0.1, -0.05) is 46.8 Å². The minimum atomic E-state index is 0.155. The third kappa shape index (κ3) is 5.51. The Kier molecular flexibility index (Phi) is 5.53. The van der Waals surface area contributed by atoms with E-state index in [4.69, 9.17) is 0 Å². The summed E-state index contributed by atoms with van der Waals surface area (Å²) in [5, 5.41) is 14.5. The van der Waals surface area contributed by atoms with E-state index in [1.54, 1.807) is 6.20 Å². The summed E-state index contributed by atoms with van der Waals surface area (Å²) in [5.41, 5.74) is 2.45. The summed E-state index contributed by atoms with van der Waals surface area (Å²) in [6.07, 6.45) is 2.71. The first-order valence-corrected chi connectivity index (χ1v) is 8.16. The molecule has 0 bridgehead atoms. The molecule has 5 heteroatoms. The van der Waals surface area contributed by atoms with Crippen LogP contribution in [0.2, 0.25) is 0 Å². The molecule has 0 radical (unpaired) electrons. The van der Waals surface area contributed by atoms with Gasteiger partial charge in [0.15, 0.2) is 5.82 Å². The van der Waals surface area contributed by atoms with Crippen molar-refractivity contribution in [3.63, 3.8) is 0 Å². The lowest BCUT2D eigenvalue weighted by molar-refractivity contribution is 0.590. The highest BCUT2D eigenvalue weighted by Gasteiger charge is 2.12. The van der Waals surface area contributed by atoms with Crippen LogP contribution in [-0.4, -0.2) is 21.7 Å². The summed E-state index contributed by atoms with van der Waals surface area (Å²) in [7, 11) is 0. The number of hydrogen-bond acceptors (Lipinski definition) is 5. The summed E-state index contributed by atoms with van der Waals surface area (Å²) in [5.74, 6) is 1.90. The summed E-state index contributed by atoms with van der Waals surface area (Å²) >= 11 is 0. The molecular formula is C18H27N5. The second-order valence-electron chi connectivity index (χ2n) is 7.23. The number of anilines is 3. The third-order valence-electron chi connectivity index (χ3n) is 3.59. The highest BCUT2D eigenvalue weighted by atomic mass is 15.3. The average molecular weight is 313 g/mol. The Hall–Kier alpha value is -2.17. The third-order valence-corrected chi connectivity index (χ3v) is 3.59. The average Bonchev–Trinajstić information content (AvgIpc) is 2.47. The van der Waals surface area contributed by atoms with Crippen LogP contribution in [0.5, 0.6) is 0 Å². The number of hydrogen-bond donors (Lipinski definition) is 2. The molecule has 5 nitrogen and oxygen atoms in total. The largest absolute Gasteiger partial charge is 0.353 e. The molecule has 0 aliphatic carbocycles. The molecule has 124 valence electrons. The molecule has 0 aliphatic heterocycles. The minimum absolute atomic E-state index is 0.155. The van der Waals surface area contributed by atoms with E-state index in [1.165, 1.54) is 5.56 Å². The summed E-state index contributed by atoms with van der Waals surface area (Å²) in [6.45, 7) is 11.9. The van der Waals surface area contributed by atoms with E-state index in [0.29, 0.717) is 17.7 Å². The monoisotopic (exact) mass is 313 g/mol. The van der Waals surface area contributed by atoms with Crippen molar-refractivity contribution < 1.29 is 0 Å². The Morgan fingerprint density at radius 2 is 1.78 bits per heavy atom. The van der Waals surface area contributed by atoms with E-state index < -0.39 is 0 Å². The second kappa shape index (κ2) is 7.40. The zero-order valence-electron chi connectivity index (χ0n) is 14.7. The van der Waals surface area contributed by atoms with Gasteiger partial charge in [-0.3, -0.25) is 0 Å². The van der Waals surface area contributed by atoms with Gasteiger partial charge in [0, 0.05) is 12.2 Å². The molecule has 0 saturated heterocycles. The Bertz CT molecular complexity index is 614. The Labute approximate surface area is 139 Å². The van der Waals surface area contributed by atoms with Crippen molar-refractivity contribution >= 4 is 17.5 Å². The zero-order chi connectivity index (χ0) is 16.9. The first-order chi connectivity index (χ1) is 10.8. The van der Waals surface area contributed by atoms with Crippen molar-refractivity contribution in [3.8, 4) is 0 Å². The molecule has 0 fully saturated rings. The molecule has 0 spiro atoms. The maximum absolute atomic E-state index is 4.44. The number of nitrogens with one attached hydrogen (secondary N) is 2. The van der Waals surface area contributed by atoms with Crippen LogP contribution in [0, 0.1) is 5.92 Å². The quantitative estimate of drug-likeness (QED) is 0.829. The van der Waals surface area contributed by atoms with E-state index in [-0.39, 0.29) is 5.41 Å². The fraction of sp³-hybridized carbons (Fsp3) is 0.500. The maximum atomic E-state index is 4.44. The Morgan fingerprint density at radius 3 is 2.39 bits per heavy atom. The van der Waals surface area contributed by atoms with Crippen LogP contribution in [0.25, 0.3) is 0 Å². The van der Waals surface area contributed by atoms with Gasteiger partial charge in [0.1, 0.15) is 0 Å². The molecule has 0 amide bonds.